The maximum absolute atomic E-state index is 12.7. The molecule has 6 heteroatoms. The van der Waals surface area contributed by atoms with Crippen molar-refractivity contribution in [1.29, 1.82) is 0 Å². The van der Waals surface area contributed by atoms with Crippen LogP contribution in [0.15, 0.2) is 53.9 Å². The molecular weight excluding hydrogens is 372 g/mol. The van der Waals surface area contributed by atoms with Gasteiger partial charge in [-0.25, -0.2) is 4.79 Å². The van der Waals surface area contributed by atoms with Crippen LogP contribution in [0, 0.1) is 13.8 Å². The predicted molar refractivity (Wildman–Crippen MR) is 112 cm³/mol. The minimum atomic E-state index is -0.877. The first kappa shape index (κ1) is 19.9. The molecule has 0 unspecified atom stereocenters. The van der Waals surface area contributed by atoms with Crippen LogP contribution in [0.4, 0.5) is 5.69 Å². The number of likely N-dealkylation sites (N-methyl/N-ethyl adjacent to an activating group) is 1. The summed E-state index contributed by atoms with van der Waals surface area (Å²) in [6.45, 7) is 6.19. The van der Waals surface area contributed by atoms with Crippen LogP contribution in [-0.2, 0) is 16.1 Å². The molecular formula is C22H24N2O3S. The third kappa shape index (κ3) is 4.17. The minimum absolute atomic E-state index is 0.271. The number of rotatable bonds is 6. The molecule has 5 nitrogen and oxygen atoms in total. The molecule has 0 aliphatic carbocycles. The summed E-state index contributed by atoms with van der Waals surface area (Å²) in [6.07, 6.45) is -0.877. The molecule has 0 spiro atoms. The standard InChI is InChI=1S/C22H24N2O3S/c1-15-13-20(16(2)24(15)14-19-11-8-12-28-19)22(26)27-17(3)21(25)23(4)18-9-6-5-7-10-18/h5-13,17H,14H2,1-4H3/t17-/m1/s1. The Morgan fingerprint density at radius 1 is 1.14 bits per heavy atom. The van der Waals surface area contributed by atoms with Crippen LogP contribution >= 0.6 is 11.3 Å². The molecule has 0 saturated heterocycles. The van der Waals surface area contributed by atoms with Crippen LogP contribution in [0.2, 0.25) is 0 Å². The number of carbonyl (C=O) groups excluding carboxylic acids is 2. The van der Waals surface area contributed by atoms with E-state index in [1.807, 2.05) is 61.7 Å². The van der Waals surface area contributed by atoms with Gasteiger partial charge in [0.05, 0.1) is 12.1 Å². The largest absolute Gasteiger partial charge is 0.449 e. The van der Waals surface area contributed by atoms with E-state index in [4.69, 9.17) is 4.74 Å². The SMILES string of the molecule is Cc1cc(C(=O)O[C@H](C)C(=O)N(C)c2ccccc2)c(C)n1Cc1cccs1. The maximum atomic E-state index is 12.7. The summed E-state index contributed by atoms with van der Waals surface area (Å²) in [5.41, 5.74) is 3.07. The topological polar surface area (TPSA) is 51.5 Å². The Labute approximate surface area is 169 Å². The van der Waals surface area contributed by atoms with Crippen LogP contribution in [-0.4, -0.2) is 29.6 Å². The van der Waals surface area contributed by atoms with Gasteiger partial charge in [0.25, 0.3) is 5.91 Å². The summed E-state index contributed by atoms with van der Waals surface area (Å²) in [5, 5.41) is 2.04. The van der Waals surface area contributed by atoms with E-state index in [-0.39, 0.29) is 5.91 Å². The van der Waals surface area contributed by atoms with E-state index in [1.54, 1.807) is 25.3 Å². The highest BCUT2D eigenvalue weighted by Gasteiger charge is 2.25. The molecule has 0 radical (unpaired) electrons. The van der Waals surface area contributed by atoms with Gasteiger partial charge in [0.2, 0.25) is 0 Å². The number of esters is 1. The van der Waals surface area contributed by atoms with Crippen molar-refractivity contribution in [2.45, 2.75) is 33.4 Å². The zero-order chi connectivity index (χ0) is 20.3. The highest BCUT2D eigenvalue weighted by atomic mass is 32.1. The number of benzene rings is 1. The first-order valence-electron chi connectivity index (χ1n) is 9.11. The zero-order valence-electron chi connectivity index (χ0n) is 16.5. The van der Waals surface area contributed by atoms with E-state index >= 15 is 0 Å². The molecule has 3 aromatic rings. The van der Waals surface area contributed by atoms with E-state index in [0.717, 1.165) is 17.1 Å². The molecule has 0 N–H and O–H groups in total. The van der Waals surface area contributed by atoms with Crippen molar-refractivity contribution >= 4 is 28.9 Å². The molecule has 1 aromatic carbocycles. The van der Waals surface area contributed by atoms with Crippen molar-refractivity contribution in [2.75, 3.05) is 11.9 Å². The van der Waals surface area contributed by atoms with Crippen LogP contribution in [0.5, 0.6) is 0 Å². The van der Waals surface area contributed by atoms with Crippen molar-refractivity contribution in [3.63, 3.8) is 0 Å². The highest BCUT2D eigenvalue weighted by molar-refractivity contribution is 7.09. The molecule has 146 valence electrons. The lowest BCUT2D eigenvalue weighted by Gasteiger charge is -2.21. The Hall–Kier alpha value is -2.86. The van der Waals surface area contributed by atoms with Gasteiger partial charge in [0, 0.05) is 29.0 Å². The summed E-state index contributed by atoms with van der Waals surface area (Å²) < 4.78 is 7.57. The number of aryl methyl sites for hydroxylation is 1. The normalized spacial score (nSPS) is 11.9. The van der Waals surface area contributed by atoms with Crippen LogP contribution in [0.25, 0.3) is 0 Å². The molecule has 2 heterocycles. The first-order chi connectivity index (χ1) is 13.4. The fourth-order valence-electron chi connectivity index (χ4n) is 3.14. The lowest BCUT2D eigenvalue weighted by atomic mass is 10.2. The third-order valence-electron chi connectivity index (χ3n) is 4.79. The summed E-state index contributed by atoms with van der Waals surface area (Å²) >= 11 is 1.68. The van der Waals surface area contributed by atoms with Crippen molar-refractivity contribution < 1.29 is 14.3 Å². The monoisotopic (exact) mass is 396 g/mol. The molecule has 0 saturated carbocycles. The molecule has 0 aliphatic rings. The van der Waals surface area contributed by atoms with E-state index in [9.17, 15) is 9.59 Å². The summed E-state index contributed by atoms with van der Waals surface area (Å²) in [5.74, 6) is -0.750. The second-order valence-corrected chi connectivity index (χ2v) is 7.76. The van der Waals surface area contributed by atoms with Crippen molar-refractivity contribution in [2.24, 2.45) is 0 Å². The quantitative estimate of drug-likeness (QED) is 0.580. The van der Waals surface area contributed by atoms with Gasteiger partial charge < -0.3 is 14.2 Å². The molecule has 1 atom stereocenters. The van der Waals surface area contributed by atoms with Crippen molar-refractivity contribution in [3.05, 3.63) is 75.7 Å². The average Bonchev–Trinajstić information content (AvgIpc) is 3.31. The number of carbonyl (C=O) groups is 2. The number of anilines is 1. The predicted octanol–water partition coefficient (Wildman–Crippen LogP) is 4.42. The second kappa shape index (κ2) is 8.44. The smallest absolute Gasteiger partial charge is 0.340 e. The van der Waals surface area contributed by atoms with E-state index in [0.29, 0.717) is 12.1 Å². The van der Waals surface area contributed by atoms with Gasteiger partial charge in [-0.1, -0.05) is 24.3 Å². The fraction of sp³-hybridized carbons (Fsp3) is 0.273. The molecule has 28 heavy (non-hydrogen) atoms. The lowest BCUT2D eigenvalue weighted by Crippen LogP contribution is -2.37. The molecule has 0 bridgehead atoms. The zero-order valence-corrected chi connectivity index (χ0v) is 17.3. The maximum Gasteiger partial charge on any atom is 0.340 e. The first-order valence-corrected chi connectivity index (χ1v) is 9.99. The molecule has 0 fully saturated rings. The summed E-state index contributed by atoms with van der Waals surface area (Å²) in [4.78, 5) is 28.0. The Bertz CT molecular complexity index is 961. The van der Waals surface area contributed by atoms with Gasteiger partial charge in [0.1, 0.15) is 0 Å². The molecule has 2 aromatic heterocycles. The average molecular weight is 397 g/mol. The number of para-hydroxylation sites is 1. The van der Waals surface area contributed by atoms with Gasteiger partial charge in [-0.2, -0.15) is 0 Å². The molecule has 3 rings (SSSR count). The van der Waals surface area contributed by atoms with Gasteiger partial charge in [0.15, 0.2) is 6.10 Å². The molecule has 0 aliphatic heterocycles. The number of nitrogens with zero attached hydrogens (tertiary/aromatic N) is 2. The number of ether oxygens (including phenoxy) is 1. The second-order valence-electron chi connectivity index (χ2n) is 6.73. The fourth-order valence-corrected chi connectivity index (χ4v) is 3.83. The van der Waals surface area contributed by atoms with Gasteiger partial charge >= 0.3 is 5.97 Å². The van der Waals surface area contributed by atoms with E-state index < -0.39 is 12.1 Å². The Kier molecular flexibility index (Phi) is 5.99. The van der Waals surface area contributed by atoms with Gasteiger partial charge in [-0.3, -0.25) is 4.79 Å². The third-order valence-corrected chi connectivity index (χ3v) is 5.65. The van der Waals surface area contributed by atoms with Crippen LogP contribution < -0.4 is 4.90 Å². The Morgan fingerprint density at radius 3 is 2.50 bits per heavy atom. The summed E-state index contributed by atoms with van der Waals surface area (Å²) in [7, 11) is 1.68. The number of hydrogen-bond donors (Lipinski definition) is 0. The Morgan fingerprint density at radius 2 is 1.86 bits per heavy atom. The Balaban J connectivity index is 1.71. The van der Waals surface area contributed by atoms with Crippen LogP contribution in [0.3, 0.4) is 0 Å². The van der Waals surface area contributed by atoms with Crippen molar-refractivity contribution in [1.82, 2.24) is 4.57 Å². The highest BCUT2D eigenvalue weighted by Crippen LogP contribution is 2.21. The molecule has 1 amide bonds. The number of amides is 1. The number of aromatic nitrogens is 1. The van der Waals surface area contributed by atoms with E-state index in [2.05, 4.69) is 10.6 Å². The number of thiophene rings is 1. The van der Waals surface area contributed by atoms with E-state index in [1.165, 1.54) is 9.78 Å². The number of hydrogen-bond acceptors (Lipinski definition) is 4. The van der Waals surface area contributed by atoms with Gasteiger partial charge in [-0.15, -0.1) is 11.3 Å². The lowest BCUT2D eigenvalue weighted by molar-refractivity contribution is -0.126. The minimum Gasteiger partial charge on any atom is -0.449 e. The summed E-state index contributed by atoms with van der Waals surface area (Å²) in [6, 6.07) is 15.2. The van der Waals surface area contributed by atoms with Crippen LogP contribution in [0.1, 0.15) is 33.5 Å². The van der Waals surface area contributed by atoms with Crippen molar-refractivity contribution in [3.8, 4) is 0 Å². The van der Waals surface area contributed by atoms with Gasteiger partial charge in [-0.05, 0) is 50.4 Å².